The van der Waals surface area contributed by atoms with E-state index in [1.54, 1.807) is 12.1 Å². The van der Waals surface area contributed by atoms with Crippen molar-refractivity contribution in [2.24, 2.45) is 0 Å². The fourth-order valence-corrected chi connectivity index (χ4v) is 4.88. The minimum Gasteiger partial charge on any atom is -0.508 e. The fraction of sp³-hybridized carbons (Fsp3) is 0.682. The average molecular weight is 428 g/mol. The Morgan fingerprint density at radius 1 is 1.00 bits per heavy atom. The van der Waals surface area contributed by atoms with Gasteiger partial charge in [0.2, 0.25) is 5.91 Å². The zero-order chi connectivity index (χ0) is 21.5. The van der Waals surface area contributed by atoms with Gasteiger partial charge >= 0.3 is 7.60 Å². The van der Waals surface area contributed by atoms with Gasteiger partial charge in [-0.25, -0.2) is 0 Å². The maximum absolute atomic E-state index is 12.9. The van der Waals surface area contributed by atoms with Crippen molar-refractivity contribution in [1.29, 1.82) is 0 Å². The molecule has 7 heteroatoms. The Bertz CT molecular complexity index is 612. The second kappa shape index (κ2) is 14.6. The molecule has 1 atom stereocenters. The van der Waals surface area contributed by atoms with Crippen molar-refractivity contribution >= 4 is 13.5 Å². The van der Waals surface area contributed by atoms with Crippen LogP contribution in [0.3, 0.4) is 0 Å². The quantitative estimate of drug-likeness (QED) is 0.271. The molecular weight excluding hydrogens is 389 g/mol. The fourth-order valence-electron chi connectivity index (χ4n) is 3.34. The standard InChI is InChI=1S/C22H38NO5P/c1-4-5-6-7-8-9-10-11-12-21(29(26,27-2)28-3)22(25)23-18-17-19-13-15-20(24)16-14-19/h13-16,21,24H,4-12,17-18H2,1-3H3,(H,23,25). The number of hydrogen-bond acceptors (Lipinski definition) is 5. The van der Waals surface area contributed by atoms with E-state index in [0.717, 1.165) is 24.8 Å². The number of hydrogen-bond donors (Lipinski definition) is 2. The molecule has 1 aromatic rings. The summed E-state index contributed by atoms with van der Waals surface area (Å²) in [6, 6.07) is 6.86. The molecule has 6 nitrogen and oxygen atoms in total. The number of amides is 1. The first-order chi connectivity index (χ1) is 14.0. The molecule has 0 saturated carbocycles. The topological polar surface area (TPSA) is 84.9 Å². The lowest BCUT2D eigenvalue weighted by Crippen LogP contribution is -2.36. The van der Waals surface area contributed by atoms with Crippen molar-refractivity contribution in [2.45, 2.75) is 76.8 Å². The molecule has 0 aliphatic rings. The maximum Gasteiger partial charge on any atom is 0.342 e. The van der Waals surface area contributed by atoms with E-state index in [1.165, 1.54) is 46.3 Å². The van der Waals surface area contributed by atoms with Gasteiger partial charge in [-0.15, -0.1) is 0 Å². The monoisotopic (exact) mass is 427 g/mol. The largest absolute Gasteiger partial charge is 0.508 e. The molecule has 0 radical (unpaired) electrons. The summed E-state index contributed by atoms with van der Waals surface area (Å²) >= 11 is 0. The Balaban J connectivity index is 2.48. The van der Waals surface area contributed by atoms with E-state index in [2.05, 4.69) is 12.2 Å². The van der Waals surface area contributed by atoms with Crippen molar-refractivity contribution in [3.63, 3.8) is 0 Å². The highest BCUT2D eigenvalue weighted by atomic mass is 31.2. The van der Waals surface area contributed by atoms with E-state index >= 15 is 0 Å². The van der Waals surface area contributed by atoms with Crippen molar-refractivity contribution < 1.29 is 23.5 Å². The van der Waals surface area contributed by atoms with E-state index in [0.29, 0.717) is 19.4 Å². The SMILES string of the molecule is CCCCCCCCCCC(C(=O)NCCc1ccc(O)cc1)P(=O)(OC)OC. The molecule has 1 rings (SSSR count). The van der Waals surface area contributed by atoms with Gasteiger partial charge in [0.1, 0.15) is 11.4 Å². The minimum atomic E-state index is -3.48. The lowest BCUT2D eigenvalue weighted by molar-refractivity contribution is -0.121. The number of rotatable bonds is 16. The number of phenols is 1. The van der Waals surface area contributed by atoms with Gasteiger partial charge in [-0.1, -0.05) is 70.4 Å². The summed E-state index contributed by atoms with van der Waals surface area (Å²) in [5, 5.41) is 12.2. The van der Waals surface area contributed by atoms with Crippen LogP contribution >= 0.6 is 7.60 Å². The van der Waals surface area contributed by atoms with E-state index in [9.17, 15) is 14.5 Å². The summed E-state index contributed by atoms with van der Waals surface area (Å²) in [6.45, 7) is 2.63. The number of phenolic OH excluding ortho intramolecular Hbond substituents is 1. The van der Waals surface area contributed by atoms with Crippen LogP contribution in [0.4, 0.5) is 0 Å². The molecule has 1 aromatic carbocycles. The second-order valence-corrected chi connectivity index (χ2v) is 9.83. The van der Waals surface area contributed by atoms with Crippen LogP contribution in [-0.2, 0) is 24.8 Å². The molecule has 0 saturated heterocycles. The van der Waals surface area contributed by atoms with Crippen molar-refractivity contribution in [3.8, 4) is 5.75 Å². The molecule has 0 aromatic heterocycles. The Hall–Kier alpha value is -1.36. The summed E-state index contributed by atoms with van der Waals surface area (Å²) in [4.78, 5) is 12.7. The zero-order valence-electron chi connectivity index (χ0n) is 18.2. The summed E-state index contributed by atoms with van der Waals surface area (Å²) < 4.78 is 23.1. The lowest BCUT2D eigenvalue weighted by Gasteiger charge is -2.23. The van der Waals surface area contributed by atoms with Crippen LogP contribution in [0.5, 0.6) is 5.75 Å². The van der Waals surface area contributed by atoms with Crippen LogP contribution in [0.2, 0.25) is 0 Å². The van der Waals surface area contributed by atoms with E-state index in [4.69, 9.17) is 9.05 Å². The molecule has 0 aliphatic carbocycles. The van der Waals surface area contributed by atoms with Crippen molar-refractivity contribution in [1.82, 2.24) is 5.32 Å². The van der Waals surface area contributed by atoms with Gasteiger partial charge in [0.25, 0.3) is 0 Å². The van der Waals surface area contributed by atoms with Crippen LogP contribution in [0.15, 0.2) is 24.3 Å². The maximum atomic E-state index is 12.9. The summed E-state index contributed by atoms with van der Waals surface area (Å²) in [6.07, 6.45) is 10.3. The Kier molecular flexibility index (Phi) is 12.9. The molecule has 2 N–H and O–H groups in total. The molecule has 0 bridgehead atoms. The predicted molar refractivity (Wildman–Crippen MR) is 117 cm³/mol. The normalized spacial score (nSPS) is 12.7. The third kappa shape index (κ3) is 9.79. The molecule has 1 amide bonds. The second-order valence-electron chi connectivity index (χ2n) is 7.39. The van der Waals surface area contributed by atoms with Gasteiger partial charge in [0.15, 0.2) is 0 Å². The Morgan fingerprint density at radius 2 is 1.55 bits per heavy atom. The number of aromatic hydroxyl groups is 1. The summed E-state index contributed by atoms with van der Waals surface area (Å²) in [7, 11) is -0.825. The Morgan fingerprint density at radius 3 is 2.10 bits per heavy atom. The zero-order valence-corrected chi connectivity index (χ0v) is 19.1. The summed E-state index contributed by atoms with van der Waals surface area (Å²) in [5.41, 5.74) is 0.210. The first-order valence-electron chi connectivity index (χ1n) is 10.7. The third-order valence-corrected chi connectivity index (χ3v) is 7.45. The number of unbranched alkanes of at least 4 members (excludes halogenated alkanes) is 7. The van der Waals surface area contributed by atoms with E-state index in [-0.39, 0.29) is 11.7 Å². The number of benzene rings is 1. The van der Waals surface area contributed by atoms with Gasteiger partial charge in [-0.2, -0.15) is 0 Å². The lowest BCUT2D eigenvalue weighted by atomic mass is 10.1. The average Bonchev–Trinajstić information content (AvgIpc) is 2.73. The smallest absolute Gasteiger partial charge is 0.342 e. The molecule has 0 spiro atoms. The van der Waals surface area contributed by atoms with E-state index in [1.807, 2.05) is 12.1 Å². The van der Waals surface area contributed by atoms with Crippen molar-refractivity contribution in [3.05, 3.63) is 29.8 Å². The number of carbonyl (C=O) groups is 1. The number of carbonyl (C=O) groups excluding carboxylic acids is 1. The van der Waals surface area contributed by atoms with Gasteiger partial charge in [-0.3, -0.25) is 9.36 Å². The predicted octanol–water partition coefficient (Wildman–Crippen LogP) is 5.44. The van der Waals surface area contributed by atoms with Crippen LogP contribution in [0.25, 0.3) is 0 Å². The van der Waals surface area contributed by atoms with Gasteiger partial charge < -0.3 is 19.5 Å². The molecule has 29 heavy (non-hydrogen) atoms. The van der Waals surface area contributed by atoms with Gasteiger partial charge in [0, 0.05) is 20.8 Å². The van der Waals surface area contributed by atoms with E-state index < -0.39 is 13.3 Å². The van der Waals surface area contributed by atoms with Crippen LogP contribution in [-0.4, -0.2) is 37.4 Å². The molecular formula is C22H38NO5P. The first-order valence-corrected chi connectivity index (χ1v) is 12.3. The number of nitrogens with one attached hydrogen (secondary N) is 1. The van der Waals surface area contributed by atoms with Gasteiger partial charge in [0.05, 0.1) is 0 Å². The third-order valence-electron chi connectivity index (χ3n) is 5.17. The van der Waals surface area contributed by atoms with Crippen LogP contribution < -0.4 is 5.32 Å². The molecule has 0 aliphatic heterocycles. The summed E-state index contributed by atoms with van der Waals surface area (Å²) in [5.74, 6) is -0.0805. The minimum absolute atomic E-state index is 0.212. The van der Waals surface area contributed by atoms with Gasteiger partial charge in [-0.05, 0) is 30.5 Å². The van der Waals surface area contributed by atoms with Crippen LogP contribution in [0.1, 0.15) is 70.3 Å². The highest BCUT2D eigenvalue weighted by molar-refractivity contribution is 7.55. The molecule has 166 valence electrons. The first kappa shape index (κ1) is 25.7. The van der Waals surface area contributed by atoms with Crippen molar-refractivity contribution in [2.75, 3.05) is 20.8 Å². The molecule has 0 heterocycles. The van der Waals surface area contributed by atoms with Crippen LogP contribution in [0, 0.1) is 0 Å². The Labute approximate surface area is 175 Å². The highest BCUT2D eigenvalue weighted by Crippen LogP contribution is 2.53. The molecule has 1 unspecified atom stereocenters. The molecule has 0 fully saturated rings. The highest BCUT2D eigenvalue weighted by Gasteiger charge is 2.39.